The lowest BCUT2D eigenvalue weighted by atomic mass is 9.80. The van der Waals surface area contributed by atoms with Crippen LogP contribution >= 0.6 is 0 Å². The van der Waals surface area contributed by atoms with Gasteiger partial charge in [-0.25, -0.2) is 0 Å². The third kappa shape index (κ3) is 2.74. The van der Waals surface area contributed by atoms with Gasteiger partial charge in [0.15, 0.2) is 0 Å². The van der Waals surface area contributed by atoms with Crippen LogP contribution in [0, 0.1) is 5.41 Å². The minimum atomic E-state index is 0.0548. The SMILES string of the molecule is CC(C)(CN)C1CNCCN1C(C)(C)CN. The van der Waals surface area contributed by atoms with E-state index in [2.05, 4.69) is 37.9 Å². The molecule has 96 valence electrons. The minimum Gasteiger partial charge on any atom is -0.330 e. The lowest BCUT2D eigenvalue weighted by Gasteiger charge is -2.51. The number of hydrogen-bond donors (Lipinski definition) is 3. The van der Waals surface area contributed by atoms with Crippen molar-refractivity contribution in [3.63, 3.8) is 0 Å². The third-order valence-corrected chi connectivity index (χ3v) is 3.95. The molecular formula is C12H28N4. The summed E-state index contributed by atoms with van der Waals surface area (Å²) in [5, 5.41) is 3.46. The molecule has 1 unspecified atom stereocenters. The van der Waals surface area contributed by atoms with Crippen molar-refractivity contribution in [2.75, 3.05) is 32.7 Å². The highest BCUT2D eigenvalue weighted by molar-refractivity contribution is 4.98. The summed E-state index contributed by atoms with van der Waals surface area (Å²) < 4.78 is 0. The maximum atomic E-state index is 5.90. The van der Waals surface area contributed by atoms with E-state index in [-0.39, 0.29) is 11.0 Å². The average Bonchev–Trinajstić information content (AvgIpc) is 2.29. The molecule has 1 saturated heterocycles. The number of piperazine rings is 1. The molecule has 0 aliphatic carbocycles. The Hall–Kier alpha value is -0.160. The normalized spacial score (nSPS) is 24.8. The Labute approximate surface area is 99.7 Å². The van der Waals surface area contributed by atoms with E-state index in [1.54, 1.807) is 0 Å². The van der Waals surface area contributed by atoms with Crippen molar-refractivity contribution in [1.82, 2.24) is 10.2 Å². The summed E-state index contributed by atoms with van der Waals surface area (Å²) in [5.41, 5.74) is 12.0. The maximum absolute atomic E-state index is 5.90. The number of rotatable bonds is 4. The number of nitrogens with one attached hydrogen (secondary N) is 1. The van der Waals surface area contributed by atoms with Gasteiger partial charge in [0.05, 0.1) is 0 Å². The monoisotopic (exact) mass is 228 g/mol. The van der Waals surface area contributed by atoms with Crippen LogP contribution in [0.25, 0.3) is 0 Å². The molecule has 4 heteroatoms. The molecular weight excluding hydrogens is 200 g/mol. The predicted molar refractivity (Wildman–Crippen MR) is 69.3 cm³/mol. The van der Waals surface area contributed by atoms with Crippen LogP contribution in [0.15, 0.2) is 0 Å². The Kier molecular flexibility index (Phi) is 4.35. The summed E-state index contributed by atoms with van der Waals surface area (Å²) in [4.78, 5) is 2.52. The maximum Gasteiger partial charge on any atom is 0.0290 e. The second kappa shape index (κ2) is 5.00. The van der Waals surface area contributed by atoms with Crippen molar-refractivity contribution in [2.45, 2.75) is 39.3 Å². The lowest BCUT2D eigenvalue weighted by molar-refractivity contribution is -0.00273. The second-order valence-corrected chi connectivity index (χ2v) is 6.12. The first-order chi connectivity index (χ1) is 7.35. The van der Waals surface area contributed by atoms with Gasteiger partial charge in [0.2, 0.25) is 0 Å². The molecule has 0 aromatic rings. The summed E-state index contributed by atoms with van der Waals surface area (Å²) in [5.74, 6) is 0. The third-order valence-electron chi connectivity index (χ3n) is 3.95. The van der Waals surface area contributed by atoms with Crippen molar-refractivity contribution in [3.8, 4) is 0 Å². The van der Waals surface area contributed by atoms with E-state index >= 15 is 0 Å². The zero-order chi connectivity index (χ0) is 12.4. The standard InChI is InChI=1S/C12H28N4/c1-11(2,8-13)10-7-15-5-6-16(10)12(3,4)9-14/h10,15H,5-9,13-14H2,1-4H3. The largest absolute Gasteiger partial charge is 0.330 e. The van der Waals surface area contributed by atoms with E-state index in [1.807, 2.05) is 0 Å². The summed E-state index contributed by atoms with van der Waals surface area (Å²) in [6.45, 7) is 13.4. The molecule has 1 rings (SSSR count). The van der Waals surface area contributed by atoms with Crippen LogP contribution in [-0.2, 0) is 0 Å². The molecule has 5 N–H and O–H groups in total. The van der Waals surface area contributed by atoms with Crippen LogP contribution in [0.2, 0.25) is 0 Å². The van der Waals surface area contributed by atoms with Gasteiger partial charge in [-0.3, -0.25) is 4.90 Å². The fourth-order valence-electron chi connectivity index (χ4n) is 2.38. The van der Waals surface area contributed by atoms with E-state index < -0.39 is 0 Å². The highest BCUT2D eigenvalue weighted by atomic mass is 15.3. The highest BCUT2D eigenvalue weighted by Crippen LogP contribution is 2.29. The van der Waals surface area contributed by atoms with E-state index in [4.69, 9.17) is 11.5 Å². The quantitative estimate of drug-likeness (QED) is 0.633. The highest BCUT2D eigenvalue weighted by Gasteiger charge is 2.40. The molecule has 16 heavy (non-hydrogen) atoms. The number of nitrogens with two attached hydrogens (primary N) is 2. The molecule has 0 aromatic carbocycles. The minimum absolute atomic E-state index is 0.0548. The molecule has 1 aliphatic heterocycles. The molecule has 0 aromatic heterocycles. The number of hydrogen-bond acceptors (Lipinski definition) is 4. The summed E-state index contributed by atoms with van der Waals surface area (Å²) in [7, 11) is 0. The first kappa shape index (κ1) is 13.9. The summed E-state index contributed by atoms with van der Waals surface area (Å²) in [6, 6.07) is 0.463. The summed E-state index contributed by atoms with van der Waals surface area (Å²) >= 11 is 0. The molecule has 0 spiro atoms. The van der Waals surface area contributed by atoms with Crippen molar-refractivity contribution < 1.29 is 0 Å². The zero-order valence-electron chi connectivity index (χ0n) is 11.2. The van der Waals surface area contributed by atoms with Crippen LogP contribution in [0.1, 0.15) is 27.7 Å². The van der Waals surface area contributed by atoms with Crippen molar-refractivity contribution in [2.24, 2.45) is 16.9 Å². The molecule has 1 heterocycles. The smallest absolute Gasteiger partial charge is 0.0290 e. The van der Waals surface area contributed by atoms with Gasteiger partial charge >= 0.3 is 0 Å². The lowest BCUT2D eigenvalue weighted by Crippen LogP contribution is -2.66. The first-order valence-corrected chi connectivity index (χ1v) is 6.23. The van der Waals surface area contributed by atoms with Crippen molar-refractivity contribution >= 4 is 0 Å². The summed E-state index contributed by atoms with van der Waals surface area (Å²) in [6.07, 6.45) is 0. The molecule has 0 radical (unpaired) electrons. The fourth-order valence-corrected chi connectivity index (χ4v) is 2.38. The van der Waals surface area contributed by atoms with Crippen LogP contribution in [-0.4, -0.2) is 49.2 Å². The zero-order valence-corrected chi connectivity index (χ0v) is 11.2. The van der Waals surface area contributed by atoms with Gasteiger partial charge in [0.25, 0.3) is 0 Å². The van der Waals surface area contributed by atoms with Gasteiger partial charge in [0.1, 0.15) is 0 Å². The van der Waals surface area contributed by atoms with Crippen molar-refractivity contribution in [1.29, 1.82) is 0 Å². The van der Waals surface area contributed by atoms with Crippen LogP contribution in [0.3, 0.4) is 0 Å². The van der Waals surface area contributed by atoms with E-state index in [1.165, 1.54) is 0 Å². The van der Waals surface area contributed by atoms with Gasteiger partial charge in [-0.2, -0.15) is 0 Å². The van der Waals surface area contributed by atoms with Crippen LogP contribution < -0.4 is 16.8 Å². The molecule has 0 saturated carbocycles. The van der Waals surface area contributed by atoms with E-state index in [9.17, 15) is 0 Å². The molecule has 0 bridgehead atoms. The average molecular weight is 228 g/mol. The number of nitrogens with zero attached hydrogens (tertiary/aromatic N) is 1. The molecule has 1 aliphatic rings. The van der Waals surface area contributed by atoms with Gasteiger partial charge < -0.3 is 16.8 Å². The van der Waals surface area contributed by atoms with Crippen LogP contribution in [0.4, 0.5) is 0 Å². The molecule has 1 atom stereocenters. The predicted octanol–water partition coefficient (Wildman–Crippen LogP) is -0.0176. The van der Waals surface area contributed by atoms with Gasteiger partial charge in [0, 0.05) is 37.8 Å². The van der Waals surface area contributed by atoms with Gasteiger partial charge in [-0.05, 0) is 25.8 Å². The molecule has 4 nitrogen and oxygen atoms in total. The Bertz CT molecular complexity index is 201. The van der Waals surface area contributed by atoms with Crippen LogP contribution in [0.5, 0.6) is 0 Å². The van der Waals surface area contributed by atoms with Gasteiger partial charge in [-0.1, -0.05) is 13.8 Å². The Balaban J connectivity index is 2.87. The Morgan fingerprint density at radius 1 is 1.19 bits per heavy atom. The van der Waals surface area contributed by atoms with E-state index in [0.717, 1.165) is 19.6 Å². The first-order valence-electron chi connectivity index (χ1n) is 6.23. The molecule has 1 fully saturated rings. The second-order valence-electron chi connectivity index (χ2n) is 6.12. The topological polar surface area (TPSA) is 67.3 Å². The Morgan fingerprint density at radius 2 is 1.81 bits per heavy atom. The van der Waals surface area contributed by atoms with Crippen molar-refractivity contribution in [3.05, 3.63) is 0 Å². The van der Waals surface area contributed by atoms with E-state index in [0.29, 0.717) is 19.1 Å². The Morgan fingerprint density at radius 3 is 2.31 bits per heavy atom. The van der Waals surface area contributed by atoms with Gasteiger partial charge in [-0.15, -0.1) is 0 Å². The fraction of sp³-hybridized carbons (Fsp3) is 1.00. The molecule has 0 amide bonds.